The van der Waals surface area contributed by atoms with Gasteiger partial charge in [0.05, 0.1) is 5.56 Å². The topological polar surface area (TPSA) is 83.7 Å². The average Bonchev–Trinajstić information content (AvgIpc) is 3.09. The lowest BCUT2D eigenvalue weighted by atomic mass is 10.1. The van der Waals surface area contributed by atoms with Gasteiger partial charge in [-0.05, 0) is 18.2 Å². The van der Waals surface area contributed by atoms with Gasteiger partial charge in [0, 0.05) is 48.7 Å². The summed E-state index contributed by atoms with van der Waals surface area (Å²) in [5, 5.41) is 6.95. The van der Waals surface area contributed by atoms with Crippen LogP contribution in [0.3, 0.4) is 0 Å². The molecule has 26 heavy (non-hydrogen) atoms. The van der Waals surface area contributed by atoms with Crippen LogP contribution in [0.4, 0.5) is 4.39 Å². The Morgan fingerprint density at radius 2 is 1.96 bits per heavy atom. The Hall–Kier alpha value is -1.52. The maximum Gasteiger partial charge on any atom is 0.254 e. The first kappa shape index (κ1) is 19.2. The Morgan fingerprint density at radius 3 is 2.54 bits per heavy atom. The van der Waals surface area contributed by atoms with Crippen LogP contribution in [-0.4, -0.2) is 50.3 Å². The molecule has 2 aromatic rings. The summed E-state index contributed by atoms with van der Waals surface area (Å²) in [5.74, 6) is -0.579. The number of hydrogen-bond acceptors (Lipinski definition) is 5. The van der Waals surface area contributed by atoms with Gasteiger partial charge in [0.2, 0.25) is 10.0 Å². The lowest BCUT2D eigenvalue weighted by Crippen LogP contribution is -2.48. The quantitative estimate of drug-likeness (QED) is 0.826. The first-order valence-electron chi connectivity index (χ1n) is 7.81. The van der Waals surface area contributed by atoms with Crippen LogP contribution < -0.4 is 5.14 Å². The third-order valence-electron chi connectivity index (χ3n) is 4.21. The van der Waals surface area contributed by atoms with E-state index >= 15 is 0 Å². The van der Waals surface area contributed by atoms with Crippen LogP contribution >= 0.6 is 22.9 Å². The van der Waals surface area contributed by atoms with Gasteiger partial charge >= 0.3 is 0 Å². The fraction of sp³-hybridized carbons (Fsp3) is 0.312. The summed E-state index contributed by atoms with van der Waals surface area (Å²) in [7, 11) is -3.81. The Morgan fingerprint density at radius 1 is 1.27 bits per heavy atom. The molecule has 1 amide bonds. The van der Waals surface area contributed by atoms with E-state index in [0.717, 1.165) is 11.3 Å². The molecule has 0 atom stereocenters. The fourth-order valence-electron chi connectivity index (χ4n) is 2.78. The summed E-state index contributed by atoms with van der Waals surface area (Å²) in [6.07, 6.45) is 0. The number of piperazine rings is 1. The summed E-state index contributed by atoms with van der Waals surface area (Å²) in [6.45, 7) is 2.45. The monoisotopic (exact) mass is 417 g/mol. The van der Waals surface area contributed by atoms with Gasteiger partial charge in [-0.1, -0.05) is 17.7 Å². The Kier molecular flexibility index (Phi) is 5.64. The van der Waals surface area contributed by atoms with Crippen molar-refractivity contribution < 1.29 is 17.6 Å². The van der Waals surface area contributed by atoms with E-state index in [4.69, 9.17) is 16.7 Å². The molecule has 0 radical (unpaired) electrons. The number of carbonyl (C=O) groups excluding carboxylic acids is 1. The summed E-state index contributed by atoms with van der Waals surface area (Å²) < 4.78 is 36.5. The molecule has 2 N–H and O–H groups in total. The van der Waals surface area contributed by atoms with Gasteiger partial charge in [0.25, 0.3) is 5.91 Å². The van der Waals surface area contributed by atoms with E-state index in [-0.39, 0.29) is 15.9 Å². The largest absolute Gasteiger partial charge is 0.336 e. The van der Waals surface area contributed by atoms with Crippen molar-refractivity contribution in [2.75, 3.05) is 26.2 Å². The maximum atomic E-state index is 13.9. The highest BCUT2D eigenvalue weighted by molar-refractivity contribution is 7.91. The number of hydrogen-bond donors (Lipinski definition) is 1. The molecule has 0 unspecified atom stereocenters. The van der Waals surface area contributed by atoms with E-state index in [1.165, 1.54) is 17.5 Å². The normalized spacial score (nSPS) is 16.0. The van der Waals surface area contributed by atoms with E-state index in [1.807, 2.05) is 4.90 Å². The zero-order valence-corrected chi connectivity index (χ0v) is 16.1. The highest BCUT2D eigenvalue weighted by Gasteiger charge is 2.25. The van der Waals surface area contributed by atoms with Gasteiger partial charge in [0.1, 0.15) is 10.0 Å². The predicted octanol–water partition coefficient (Wildman–Crippen LogP) is 2.15. The molecule has 0 spiro atoms. The number of nitrogens with two attached hydrogens (primary N) is 1. The van der Waals surface area contributed by atoms with Crippen molar-refractivity contribution >= 4 is 38.9 Å². The molecule has 0 aliphatic carbocycles. The molecular formula is C16H17ClFN3O3S2. The Bertz CT molecular complexity index is 904. The Labute approximate surface area is 160 Å². The number of nitrogens with zero attached hydrogens (tertiary/aromatic N) is 2. The number of primary sulfonamides is 1. The van der Waals surface area contributed by atoms with Crippen molar-refractivity contribution in [3.63, 3.8) is 0 Å². The van der Waals surface area contributed by atoms with Crippen LogP contribution in [0.1, 0.15) is 15.9 Å². The van der Waals surface area contributed by atoms with Gasteiger partial charge in [-0.3, -0.25) is 9.69 Å². The lowest BCUT2D eigenvalue weighted by Gasteiger charge is -2.34. The second-order valence-electron chi connectivity index (χ2n) is 5.97. The lowest BCUT2D eigenvalue weighted by molar-refractivity contribution is 0.0627. The van der Waals surface area contributed by atoms with E-state index in [1.54, 1.807) is 17.0 Å². The van der Waals surface area contributed by atoms with Crippen molar-refractivity contribution in [1.82, 2.24) is 9.80 Å². The molecule has 2 heterocycles. The highest BCUT2D eigenvalue weighted by atomic mass is 35.5. The molecular weight excluding hydrogens is 401 g/mol. The van der Waals surface area contributed by atoms with Crippen LogP contribution in [0, 0.1) is 5.82 Å². The number of halogens is 2. The molecule has 140 valence electrons. The summed E-state index contributed by atoms with van der Waals surface area (Å²) in [5.41, 5.74) is 0.759. The van der Waals surface area contributed by atoms with Gasteiger partial charge in [-0.25, -0.2) is 17.9 Å². The first-order valence-corrected chi connectivity index (χ1v) is 10.6. The smallest absolute Gasteiger partial charge is 0.254 e. The number of benzene rings is 1. The van der Waals surface area contributed by atoms with E-state index in [9.17, 15) is 17.6 Å². The Balaban J connectivity index is 1.61. The van der Waals surface area contributed by atoms with Gasteiger partial charge in [-0.15, -0.1) is 11.3 Å². The number of carbonyl (C=O) groups is 1. The second kappa shape index (κ2) is 7.61. The molecule has 1 aliphatic heterocycles. The molecule has 1 saturated heterocycles. The zero-order valence-electron chi connectivity index (χ0n) is 13.7. The van der Waals surface area contributed by atoms with Crippen LogP contribution in [0.2, 0.25) is 5.02 Å². The minimum Gasteiger partial charge on any atom is -0.336 e. The maximum absolute atomic E-state index is 13.9. The molecule has 0 saturated carbocycles. The van der Waals surface area contributed by atoms with Gasteiger partial charge in [0.15, 0.2) is 0 Å². The standard InChI is InChI=1S/C16H17ClFN3O3S2/c17-13-2-1-3-14(18)12(13)9-20-4-6-21(7-5-20)16(22)11-8-15(25-10-11)26(19,23)24/h1-3,8,10H,4-7,9H2,(H2,19,23,24). The summed E-state index contributed by atoms with van der Waals surface area (Å²) >= 11 is 6.98. The molecule has 1 aromatic carbocycles. The predicted molar refractivity (Wildman–Crippen MR) is 98.3 cm³/mol. The molecule has 1 aromatic heterocycles. The van der Waals surface area contributed by atoms with Crippen LogP contribution in [0.15, 0.2) is 33.9 Å². The van der Waals surface area contributed by atoms with E-state index < -0.39 is 10.0 Å². The SMILES string of the molecule is NS(=O)(=O)c1cc(C(=O)N2CCN(Cc3c(F)cccc3Cl)CC2)cs1. The first-order chi connectivity index (χ1) is 12.3. The molecule has 6 nitrogen and oxygen atoms in total. The minimum atomic E-state index is -3.81. The molecule has 1 aliphatic rings. The number of sulfonamides is 1. The third kappa shape index (κ3) is 4.24. The van der Waals surface area contributed by atoms with E-state index in [0.29, 0.717) is 48.9 Å². The van der Waals surface area contributed by atoms with Crippen molar-refractivity contribution in [2.24, 2.45) is 5.14 Å². The average molecular weight is 418 g/mol. The third-order valence-corrected chi connectivity index (χ3v) is 6.95. The van der Waals surface area contributed by atoms with Crippen molar-refractivity contribution in [1.29, 1.82) is 0 Å². The van der Waals surface area contributed by atoms with Crippen LogP contribution in [0.5, 0.6) is 0 Å². The number of thiophene rings is 1. The summed E-state index contributed by atoms with van der Waals surface area (Å²) in [6, 6.07) is 5.89. The van der Waals surface area contributed by atoms with Crippen molar-refractivity contribution in [2.45, 2.75) is 10.8 Å². The molecule has 3 rings (SSSR count). The molecule has 0 bridgehead atoms. The fourth-order valence-corrected chi connectivity index (χ4v) is 4.58. The zero-order chi connectivity index (χ0) is 18.9. The van der Waals surface area contributed by atoms with Crippen molar-refractivity contribution in [3.8, 4) is 0 Å². The van der Waals surface area contributed by atoms with Crippen molar-refractivity contribution in [3.05, 3.63) is 51.6 Å². The molecule has 1 fully saturated rings. The minimum absolute atomic E-state index is 0.0336. The van der Waals surface area contributed by atoms with Crippen LogP contribution in [-0.2, 0) is 16.6 Å². The second-order valence-corrected chi connectivity index (χ2v) is 9.07. The molecule has 10 heteroatoms. The highest BCUT2D eigenvalue weighted by Crippen LogP contribution is 2.23. The van der Waals surface area contributed by atoms with Gasteiger partial charge in [-0.2, -0.15) is 0 Å². The van der Waals surface area contributed by atoms with E-state index in [2.05, 4.69) is 0 Å². The van der Waals surface area contributed by atoms with Gasteiger partial charge < -0.3 is 4.90 Å². The number of amides is 1. The number of rotatable bonds is 4. The van der Waals surface area contributed by atoms with Crippen LogP contribution in [0.25, 0.3) is 0 Å². The summed E-state index contributed by atoms with van der Waals surface area (Å²) in [4.78, 5) is 16.2.